The van der Waals surface area contributed by atoms with E-state index in [1.54, 1.807) is 31.5 Å². The second-order valence-electron chi connectivity index (χ2n) is 4.32. The molecule has 2 aromatic heterocycles. The molecular formula is C14H15N3O2. The number of carboxylic acid groups (broad SMARTS) is 1. The van der Waals surface area contributed by atoms with E-state index >= 15 is 0 Å². The number of carboxylic acids is 1. The average molecular weight is 257 g/mol. The van der Waals surface area contributed by atoms with Crippen molar-refractivity contribution in [1.29, 1.82) is 0 Å². The number of anilines is 1. The lowest BCUT2D eigenvalue weighted by molar-refractivity contribution is 0.0695. The van der Waals surface area contributed by atoms with Crippen molar-refractivity contribution in [2.75, 3.05) is 11.9 Å². The fourth-order valence-corrected chi connectivity index (χ4v) is 1.83. The van der Waals surface area contributed by atoms with Crippen LogP contribution >= 0.6 is 0 Å². The number of aromatic carboxylic acids is 1. The van der Waals surface area contributed by atoms with Gasteiger partial charge in [0.2, 0.25) is 0 Å². The van der Waals surface area contributed by atoms with Gasteiger partial charge in [-0.2, -0.15) is 0 Å². The normalized spacial score (nSPS) is 10.2. The molecule has 0 saturated carbocycles. The van der Waals surface area contributed by atoms with Gasteiger partial charge in [-0.25, -0.2) is 9.78 Å². The average Bonchev–Trinajstić information content (AvgIpc) is 2.39. The molecule has 0 unspecified atom stereocenters. The van der Waals surface area contributed by atoms with Crippen LogP contribution in [0.1, 0.15) is 21.6 Å². The fraction of sp³-hybridized carbons (Fsp3) is 0.214. The summed E-state index contributed by atoms with van der Waals surface area (Å²) >= 11 is 0. The molecule has 0 aromatic carbocycles. The first-order valence-electron chi connectivity index (χ1n) is 5.89. The molecule has 0 spiro atoms. The maximum atomic E-state index is 10.9. The lowest BCUT2D eigenvalue weighted by atomic mass is 10.2. The Morgan fingerprint density at radius 2 is 2.16 bits per heavy atom. The number of rotatable bonds is 4. The Kier molecular flexibility index (Phi) is 3.75. The molecule has 5 heteroatoms. The third-order valence-electron chi connectivity index (χ3n) is 2.84. The quantitative estimate of drug-likeness (QED) is 0.908. The van der Waals surface area contributed by atoms with E-state index in [4.69, 9.17) is 5.11 Å². The first-order chi connectivity index (χ1) is 9.08. The summed E-state index contributed by atoms with van der Waals surface area (Å²) in [6.45, 7) is 2.37. The van der Waals surface area contributed by atoms with E-state index in [2.05, 4.69) is 9.97 Å². The molecule has 0 fully saturated rings. The van der Waals surface area contributed by atoms with Crippen molar-refractivity contribution < 1.29 is 9.90 Å². The second-order valence-corrected chi connectivity index (χ2v) is 4.32. The van der Waals surface area contributed by atoms with E-state index in [1.807, 2.05) is 24.1 Å². The number of nitrogens with zero attached hydrogens (tertiary/aromatic N) is 3. The minimum Gasteiger partial charge on any atom is -0.478 e. The predicted molar refractivity (Wildman–Crippen MR) is 72.3 cm³/mol. The molecule has 0 amide bonds. The van der Waals surface area contributed by atoms with Crippen molar-refractivity contribution in [3.05, 3.63) is 53.5 Å². The summed E-state index contributed by atoms with van der Waals surface area (Å²) in [7, 11) is 1.91. The van der Waals surface area contributed by atoms with E-state index in [9.17, 15) is 4.79 Å². The van der Waals surface area contributed by atoms with Gasteiger partial charge in [-0.05, 0) is 30.7 Å². The number of hydrogen-bond donors (Lipinski definition) is 1. The minimum atomic E-state index is -0.952. The summed E-state index contributed by atoms with van der Waals surface area (Å²) in [5.74, 6) is -0.210. The molecule has 19 heavy (non-hydrogen) atoms. The molecular weight excluding hydrogens is 242 g/mol. The highest BCUT2D eigenvalue weighted by Crippen LogP contribution is 2.15. The van der Waals surface area contributed by atoms with Crippen LogP contribution in [-0.4, -0.2) is 28.1 Å². The molecule has 2 rings (SSSR count). The Morgan fingerprint density at radius 3 is 2.74 bits per heavy atom. The van der Waals surface area contributed by atoms with Gasteiger partial charge in [0.15, 0.2) is 0 Å². The molecule has 0 atom stereocenters. The van der Waals surface area contributed by atoms with Crippen LogP contribution in [0.25, 0.3) is 0 Å². The Morgan fingerprint density at radius 1 is 1.37 bits per heavy atom. The lowest BCUT2D eigenvalue weighted by Crippen LogP contribution is -2.18. The Labute approximate surface area is 111 Å². The highest BCUT2D eigenvalue weighted by molar-refractivity contribution is 5.89. The van der Waals surface area contributed by atoms with Crippen LogP contribution in [-0.2, 0) is 6.54 Å². The topological polar surface area (TPSA) is 66.3 Å². The zero-order valence-corrected chi connectivity index (χ0v) is 10.9. The van der Waals surface area contributed by atoms with Crippen molar-refractivity contribution in [2.45, 2.75) is 13.5 Å². The van der Waals surface area contributed by atoms with Gasteiger partial charge in [0.25, 0.3) is 0 Å². The summed E-state index contributed by atoms with van der Waals surface area (Å²) < 4.78 is 0. The highest BCUT2D eigenvalue weighted by atomic mass is 16.4. The summed E-state index contributed by atoms with van der Waals surface area (Å²) in [6.07, 6.45) is 3.53. The zero-order valence-electron chi connectivity index (χ0n) is 10.9. The van der Waals surface area contributed by atoms with Gasteiger partial charge in [-0.1, -0.05) is 6.07 Å². The van der Waals surface area contributed by atoms with Crippen LogP contribution in [0.2, 0.25) is 0 Å². The van der Waals surface area contributed by atoms with Crippen molar-refractivity contribution in [3.63, 3.8) is 0 Å². The van der Waals surface area contributed by atoms with Gasteiger partial charge in [-0.3, -0.25) is 4.98 Å². The first kappa shape index (κ1) is 13.0. The first-order valence-corrected chi connectivity index (χ1v) is 5.89. The van der Waals surface area contributed by atoms with Crippen molar-refractivity contribution in [2.24, 2.45) is 0 Å². The number of pyridine rings is 2. The van der Waals surface area contributed by atoms with Crippen LogP contribution in [0.3, 0.4) is 0 Å². The van der Waals surface area contributed by atoms with E-state index in [1.165, 1.54) is 0 Å². The van der Waals surface area contributed by atoms with Gasteiger partial charge < -0.3 is 10.0 Å². The maximum Gasteiger partial charge on any atom is 0.337 e. The fourth-order valence-electron chi connectivity index (χ4n) is 1.83. The number of aryl methyl sites for hydroxylation is 1. The molecule has 0 saturated heterocycles. The third kappa shape index (κ3) is 3.07. The SMILES string of the molecule is Cc1nc(N(C)Cc2cccnc2)ccc1C(=O)O. The highest BCUT2D eigenvalue weighted by Gasteiger charge is 2.10. The van der Waals surface area contributed by atoms with Crippen LogP contribution in [0.5, 0.6) is 0 Å². The van der Waals surface area contributed by atoms with E-state index in [0.29, 0.717) is 12.2 Å². The minimum absolute atomic E-state index is 0.235. The van der Waals surface area contributed by atoms with Crippen molar-refractivity contribution in [3.8, 4) is 0 Å². The molecule has 0 radical (unpaired) electrons. The lowest BCUT2D eigenvalue weighted by Gasteiger charge is -2.18. The van der Waals surface area contributed by atoms with Gasteiger partial charge >= 0.3 is 5.97 Å². The molecule has 1 N–H and O–H groups in total. The molecule has 0 aliphatic carbocycles. The van der Waals surface area contributed by atoms with Gasteiger partial charge in [0, 0.05) is 26.0 Å². The molecule has 2 aromatic rings. The molecule has 5 nitrogen and oxygen atoms in total. The Hall–Kier alpha value is -2.43. The largest absolute Gasteiger partial charge is 0.478 e. The van der Waals surface area contributed by atoms with Gasteiger partial charge in [0.1, 0.15) is 5.82 Å². The third-order valence-corrected chi connectivity index (χ3v) is 2.84. The van der Waals surface area contributed by atoms with Crippen LogP contribution in [0.4, 0.5) is 5.82 Å². The van der Waals surface area contributed by atoms with Gasteiger partial charge in [0.05, 0.1) is 11.3 Å². The summed E-state index contributed by atoms with van der Waals surface area (Å²) in [4.78, 5) is 21.3. The van der Waals surface area contributed by atoms with Crippen molar-refractivity contribution in [1.82, 2.24) is 9.97 Å². The number of aromatic nitrogens is 2. The monoisotopic (exact) mass is 257 g/mol. The zero-order chi connectivity index (χ0) is 13.8. The molecule has 0 aliphatic rings. The summed E-state index contributed by atoms with van der Waals surface area (Å²) in [5, 5.41) is 8.97. The standard InChI is InChI=1S/C14H15N3O2/c1-10-12(14(18)19)5-6-13(16-10)17(2)9-11-4-3-7-15-8-11/h3-8H,9H2,1-2H3,(H,18,19). The van der Waals surface area contributed by atoms with E-state index < -0.39 is 5.97 Å². The molecule has 2 heterocycles. The van der Waals surface area contributed by atoms with Crippen molar-refractivity contribution >= 4 is 11.8 Å². The number of hydrogen-bond acceptors (Lipinski definition) is 4. The van der Waals surface area contributed by atoms with E-state index in [0.717, 1.165) is 11.4 Å². The molecule has 98 valence electrons. The Bertz CT molecular complexity index is 584. The molecule has 0 aliphatic heterocycles. The predicted octanol–water partition coefficient (Wildman–Crippen LogP) is 2.12. The maximum absolute atomic E-state index is 10.9. The van der Waals surface area contributed by atoms with Crippen LogP contribution < -0.4 is 4.90 Å². The van der Waals surface area contributed by atoms with E-state index in [-0.39, 0.29) is 5.56 Å². The van der Waals surface area contributed by atoms with Crippen LogP contribution in [0.15, 0.2) is 36.7 Å². The summed E-state index contributed by atoms with van der Waals surface area (Å²) in [6, 6.07) is 7.17. The molecule has 0 bridgehead atoms. The van der Waals surface area contributed by atoms with Crippen LogP contribution in [0, 0.1) is 6.92 Å². The smallest absolute Gasteiger partial charge is 0.337 e. The van der Waals surface area contributed by atoms with Gasteiger partial charge in [-0.15, -0.1) is 0 Å². The number of carbonyl (C=O) groups is 1. The second kappa shape index (κ2) is 5.48. The Balaban J connectivity index is 2.18. The summed E-state index contributed by atoms with van der Waals surface area (Å²) in [5.41, 5.74) is 1.83.